The number of hydrogen-bond donors (Lipinski definition) is 1. The molecule has 1 heterocycles. The number of piperazine rings is 1. The zero-order valence-electron chi connectivity index (χ0n) is 20.3. The molecule has 1 atom stereocenters. The highest BCUT2D eigenvalue weighted by atomic mass is 32.2. The van der Waals surface area contributed by atoms with Crippen LogP contribution in [0.5, 0.6) is 5.75 Å². The van der Waals surface area contributed by atoms with Crippen molar-refractivity contribution in [2.45, 2.75) is 23.9 Å². The van der Waals surface area contributed by atoms with Gasteiger partial charge in [0.15, 0.2) is 0 Å². The second-order valence-corrected chi connectivity index (χ2v) is 10.5. The minimum atomic E-state index is -3.60. The molecule has 4 rings (SSSR count). The minimum absolute atomic E-state index is 0.0509. The number of benzene rings is 3. The lowest BCUT2D eigenvalue weighted by Gasteiger charge is -2.41. The number of carbonyl (C=O) groups is 2. The third-order valence-corrected chi connectivity index (χ3v) is 7.72. The van der Waals surface area contributed by atoms with Crippen molar-refractivity contribution in [1.29, 1.82) is 0 Å². The maximum atomic E-state index is 13.3. The SMILES string of the molecule is CNS(=O)(=O)c1ccc(C(=O)N2CC(=O)N(Cc3cccc(OC)c3)[C@@H](Cc3ccccc3)C2)cc1. The molecule has 2 amide bonds. The van der Waals surface area contributed by atoms with E-state index in [2.05, 4.69) is 4.72 Å². The fraction of sp³-hybridized carbons (Fsp3) is 0.259. The molecule has 0 unspecified atom stereocenters. The van der Waals surface area contributed by atoms with Crippen LogP contribution in [0.1, 0.15) is 21.5 Å². The average Bonchev–Trinajstić information content (AvgIpc) is 2.90. The van der Waals surface area contributed by atoms with E-state index in [1.165, 1.54) is 31.3 Å². The molecule has 0 aliphatic carbocycles. The smallest absolute Gasteiger partial charge is 0.254 e. The van der Waals surface area contributed by atoms with Gasteiger partial charge in [-0.2, -0.15) is 0 Å². The van der Waals surface area contributed by atoms with Crippen molar-refractivity contribution in [2.75, 3.05) is 27.2 Å². The molecule has 1 fully saturated rings. The van der Waals surface area contributed by atoms with Gasteiger partial charge in [-0.3, -0.25) is 9.59 Å². The van der Waals surface area contributed by atoms with Crippen molar-refractivity contribution in [3.63, 3.8) is 0 Å². The van der Waals surface area contributed by atoms with Crippen molar-refractivity contribution in [3.05, 3.63) is 95.6 Å². The molecule has 0 aromatic heterocycles. The lowest BCUT2D eigenvalue weighted by Crippen LogP contribution is -2.58. The number of nitrogens with one attached hydrogen (secondary N) is 1. The molecule has 1 aliphatic rings. The predicted molar refractivity (Wildman–Crippen MR) is 136 cm³/mol. The Morgan fingerprint density at radius 1 is 1.00 bits per heavy atom. The summed E-state index contributed by atoms with van der Waals surface area (Å²) < 4.78 is 31.6. The van der Waals surface area contributed by atoms with Crippen molar-refractivity contribution in [2.24, 2.45) is 0 Å². The lowest BCUT2D eigenvalue weighted by atomic mass is 10.00. The number of hydrogen-bond acceptors (Lipinski definition) is 5. The van der Waals surface area contributed by atoms with Gasteiger partial charge in [0.05, 0.1) is 18.0 Å². The summed E-state index contributed by atoms with van der Waals surface area (Å²) in [7, 11) is -0.668. The van der Waals surface area contributed by atoms with E-state index in [4.69, 9.17) is 4.74 Å². The number of sulfonamides is 1. The van der Waals surface area contributed by atoms with Crippen LogP contribution in [0.2, 0.25) is 0 Å². The predicted octanol–water partition coefficient (Wildman–Crippen LogP) is 2.70. The fourth-order valence-electron chi connectivity index (χ4n) is 4.35. The van der Waals surface area contributed by atoms with E-state index in [0.29, 0.717) is 25.1 Å². The average molecular weight is 508 g/mol. The Bertz CT molecular complexity index is 1330. The molecule has 0 bridgehead atoms. The standard InChI is InChI=1S/C27H29N3O5S/c1-28-36(33,34)25-13-11-22(12-14-25)27(32)29-18-23(15-20-7-4-3-5-8-20)30(26(31)19-29)17-21-9-6-10-24(16-21)35-2/h3-14,16,23,28H,15,17-19H2,1-2H3/t23-/m0/s1. The van der Waals surface area contributed by atoms with E-state index >= 15 is 0 Å². The first-order valence-corrected chi connectivity index (χ1v) is 13.1. The van der Waals surface area contributed by atoms with E-state index in [0.717, 1.165) is 16.9 Å². The summed E-state index contributed by atoms with van der Waals surface area (Å²) in [4.78, 5) is 30.1. The largest absolute Gasteiger partial charge is 0.497 e. The zero-order valence-corrected chi connectivity index (χ0v) is 21.1. The van der Waals surface area contributed by atoms with Gasteiger partial charge >= 0.3 is 0 Å². The van der Waals surface area contributed by atoms with Gasteiger partial charge in [0.25, 0.3) is 5.91 Å². The third kappa shape index (κ3) is 5.75. The highest BCUT2D eigenvalue weighted by molar-refractivity contribution is 7.89. The van der Waals surface area contributed by atoms with Crippen LogP contribution in [0.25, 0.3) is 0 Å². The Balaban J connectivity index is 1.57. The maximum Gasteiger partial charge on any atom is 0.254 e. The normalized spacial score (nSPS) is 16.2. The molecular formula is C27H29N3O5S. The Labute approximate surface area is 211 Å². The van der Waals surface area contributed by atoms with Crippen LogP contribution >= 0.6 is 0 Å². The van der Waals surface area contributed by atoms with E-state index in [1.807, 2.05) is 59.5 Å². The van der Waals surface area contributed by atoms with Crippen LogP contribution in [0.3, 0.4) is 0 Å². The van der Waals surface area contributed by atoms with Crippen molar-refractivity contribution >= 4 is 21.8 Å². The summed E-state index contributed by atoms with van der Waals surface area (Å²) in [5, 5.41) is 0. The summed E-state index contributed by atoms with van der Waals surface area (Å²) in [5.74, 6) is 0.265. The quantitative estimate of drug-likeness (QED) is 0.506. The summed E-state index contributed by atoms with van der Waals surface area (Å²) in [6.07, 6.45) is 0.597. The molecule has 188 valence electrons. The van der Waals surface area contributed by atoms with Gasteiger partial charge in [-0.1, -0.05) is 42.5 Å². The van der Waals surface area contributed by atoms with Crippen molar-refractivity contribution < 1.29 is 22.7 Å². The lowest BCUT2D eigenvalue weighted by molar-refractivity contribution is -0.139. The van der Waals surface area contributed by atoms with Crippen LogP contribution < -0.4 is 9.46 Å². The Morgan fingerprint density at radius 2 is 1.69 bits per heavy atom. The molecule has 1 N–H and O–H groups in total. The van der Waals surface area contributed by atoms with Crippen LogP contribution in [-0.4, -0.2) is 63.3 Å². The first-order chi connectivity index (χ1) is 17.3. The number of ether oxygens (including phenoxy) is 1. The van der Waals surface area contributed by atoms with Gasteiger partial charge in [0.1, 0.15) is 12.3 Å². The van der Waals surface area contributed by atoms with Gasteiger partial charge in [0, 0.05) is 18.7 Å². The number of rotatable bonds is 8. The van der Waals surface area contributed by atoms with Crippen molar-refractivity contribution in [1.82, 2.24) is 14.5 Å². The number of nitrogens with zero attached hydrogens (tertiary/aromatic N) is 2. The van der Waals surface area contributed by atoms with Gasteiger partial charge in [-0.25, -0.2) is 13.1 Å². The van der Waals surface area contributed by atoms with Crippen LogP contribution in [-0.2, 0) is 27.8 Å². The molecule has 8 nitrogen and oxygen atoms in total. The second kappa shape index (κ2) is 10.9. The maximum absolute atomic E-state index is 13.3. The van der Waals surface area contributed by atoms with Crippen LogP contribution in [0.15, 0.2) is 83.8 Å². The Kier molecular flexibility index (Phi) is 7.71. The summed E-state index contributed by atoms with van der Waals surface area (Å²) >= 11 is 0. The molecule has 1 saturated heterocycles. The highest BCUT2D eigenvalue weighted by Crippen LogP contribution is 2.23. The number of amides is 2. The Hall–Kier alpha value is -3.69. The topological polar surface area (TPSA) is 96.0 Å². The molecule has 0 spiro atoms. The van der Waals surface area contributed by atoms with Gasteiger partial charge in [-0.05, 0) is 61.0 Å². The monoisotopic (exact) mass is 507 g/mol. The summed E-state index contributed by atoms with van der Waals surface area (Å²) in [5.41, 5.74) is 2.35. The van der Waals surface area contributed by atoms with Gasteiger partial charge < -0.3 is 14.5 Å². The fourth-order valence-corrected chi connectivity index (χ4v) is 5.08. The minimum Gasteiger partial charge on any atom is -0.497 e. The van der Waals surface area contributed by atoms with E-state index < -0.39 is 10.0 Å². The highest BCUT2D eigenvalue weighted by Gasteiger charge is 2.35. The van der Waals surface area contributed by atoms with Gasteiger partial charge in [-0.15, -0.1) is 0 Å². The first kappa shape index (κ1) is 25.4. The Morgan fingerprint density at radius 3 is 2.36 bits per heavy atom. The molecule has 0 radical (unpaired) electrons. The third-order valence-electron chi connectivity index (χ3n) is 6.29. The van der Waals surface area contributed by atoms with Gasteiger partial charge in [0.2, 0.25) is 15.9 Å². The molecule has 0 saturated carbocycles. The van der Waals surface area contributed by atoms with Crippen LogP contribution in [0, 0.1) is 0 Å². The molecule has 3 aromatic rings. The molecule has 3 aromatic carbocycles. The van der Waals surface area contributed by atoms with Crippen LogP contribution in [0.4, 0.5) is 0 Å². The second-order valence-electron chi connectivity index (χ2n) is 8.63. The van der Waals surface area contributed by atoms with Crippen molar-refractivity contribution in [3.8, 4) is 5.75 Å². The summed E-state index contributed by atoms with van der Waals surface area (Å²) in [6, 6.07) is 23.0. The molecule has 36 heavy (non-hydrogen) atoms. The number of carbonyl (C=O) groups excluding carboxylic acids is 2. The summed E-state index contributed by atoms with van der Waals surface area (Å²) in [6.45, 7) is 0.719. The van der Waals surface area contributed by atoms with E-state index in [9.17, 15) is 18.0 Å². The number of methoxy groups -OCH3 is 1. The zero-order chi connectivity index (χ0) is 25.7. The molecular weight excluding hydrogens is 478 g/mol. The molecule has 1 aliphatic heterocycles. The molecule has 9 heteroatoms. The van der Waals surface area contributed by atoms with E-state index in [1.54, 1.807) is 12.0 Å². The van der Waals surface area contributed by atoms with E-state index in [-0.39, 0.29) is 29.3 Å². The first-order valence-electron chi connectivity index (χ1n) is 11.6.